The molecule has 16 heavy (non-hydrogen) atoms. The standard InChI is InChI=1S/C12H19NO3/c1-9(11(14)16-12(2,3)4)13-7-10-5-6-15-8-10/h5-6,8-9,13H,7H2,1-4H3. The number of esters is 1. The van der Waals surface area contributed by atoms with Crippen molar-refractivity contribution >= 4 is 5.97 Å². The minimum absolute atomic E-state index is 0.240. The normalized spacial score (nSPS) is 13.5. The van der Waals surface area contributed by atoms with Gasteiger partial charge in [-0.2, -0.15) is 0 Å². The number of ether oxygens (including phenoxy) is 1. The molecule has 4 nitrogen and oxygen atoms in total. The van der Waals surface area contributed by atoms with Gasteiger partial charge in [0, 0.05) is 12.1 Å². The average Bonchev–Trinajstić information content (AvgIpc) is 2.63. The number of hydrogen-bond donors (Lipinski definition) is 1. The third kappa shape index (κ3) is 4.49. The lowest BCUT2D eigenvalue weighted by Crippen LogP contribution is -2.38. The largest absolute Gasteiger partial charge is 0.472 e. The van der Waals surface area contributed by atoms with Gasteiger partial charge in [-0.15, -0.1) is 0 Å². The first-order valence-electron chi connectivity index (χ1n) is 5.36. The van der Waals surface area contributed by atoms with Gasteiger partial charge in [-0.05, 0) is 33.8 Å². The zero-order valence-corrected chi connectivity index (χ0v) is 10.2. The van der Waals surface area contributed by atoms with Gasteiger partial charge < -0.3 is 14.5 Å². The molecule has 0 saturated heterocycles. The Morgan fingerprint density at radius 1 is 1.56 bits per heavy atom. The van der Waals surface area contributed by atoms with Crippen LogP contribution in [0, 0.1) is 0 Å². The van der Waals surface area contributed by atoms with E-state index in [2.05, 4.69) is 5.32 Å². The maximum atomic E-state index is 11.6. The molecule has 1 N–H and O–H groups in total. The van der Waals surface area contributed by atoms with E-state index in [0.29, 0.717) is 6.54 Å². The highest BCUT2D eigenvalue weighted by molar-refractivity contribution is 5.75. The fourth-order valence-electron chi connectivity index (χ4n) is 1.14. The fourth-order valence-corrected chi connectivity index (χ4v) is 1.14. The lowest BCUT2D eigenvalue weighted by molar-refractivity contribution is -0.157. The van der Waals surface area contributed by atoms with E-state index in [1.165, 1.54) is 0 Å². The Hall–Kier alpha value is -1.29. The molecule has 0 aliphatic heterocycles. The van der Waals surface area contributed by atoms with Gasteiger partial charge in [0.2, 0.25) is 0 Å². The van der Waals surface area contributed by atoms with Crippen molar-refractivity contribution in [2.75, 3.05) is 0 Å². The van der Waals surface area contributed by atoms with Crippen LogP contribution in [0.25, 0.3) is 0 Å². The number of carbonyl (C=O) groups is 1. The Kier molecular flexibility index (Phi) is 4.12. The van der Waals surface area contributed by atoms with E-state index in [4.69, 9.17) is 9.15 Å². The van der Waals surface area contributed by atoms with Crippen molar-refractivity contribution in [2.24, 2.45) is 0 Å². The van der Waals surface area contributed by atoms with Gasteiger partial charge in [-0.25, -0.2) is 0 Å². The molecule has 1 rings (SSSR count). The molecule has 4 heteroatoms. The second kappa shape index (κ2) is 5.16. The molecule has 0 aliphatic rings. The van der Waals surface area contributed by atoms with Gasteiger partial charge in [0.25, 0.3) is 0 Å². The van der Waals surface area contributed by atoms with Gasteiger partial charge in [-0.3, -0.25) is 4.79 Å². The number of carbonyl (C=O) groups excluding carboxylic acids is 1. The Balaban J connectivity index is 2.35. The summed E-state index contributed by atoms with van der Waals surface area (Å²) in [7, 11) is 0. The summed E-state index contributed by atoms with van der Waals surface area (Å²) >= 11 is 0. The molecule has 0 saturated carbocycles. The van der Waals surface area contributed by atoms with E-state index in [0.717, 1.165) is 5.56 Å². The SMILES string of the molecule is CC(NCc1ccoc1)C(=O)OC(C)(C)C. The minimum Gasteiger partial charge on any atom is -0.472 e. The molecule has 0 spiro atoms. The average molecular weight is 225 g/mol. The second-order valence-electron chi connectivity index (χ2n) is 4.77. The van der Waals surface area contributed by atoms with Gasteiger partial charge >= 0.3 is 5.97 Å². The van der Waals surface area contributed by atoms with E-state index in [9.17, 15) is 4.79 Å². The number of hydrogen-bond acceptors (Lipinski definition) is 4. The predicted molar refractivity (Wildman–Crippen MR) is 60.9 cm³/mol. The lowest BCUT2D eigenvalue weighted by Gasteiger charge is -2.22. The molecule has 0 fully saturated rings. The molecular weight excluding hydrogens is 206 g/mol. The third-order valence-corrected chi connectivity index (χ3v) is 1.95. The van der Waals surface area contributed by atoms with Crippen molar-refractivity contribution in [1.29, 1.82) is 0 Å². The van der Waals surface area contributed by atoms with Crippen molar-refractivity contribution < 1.29 is 13.9 Å². The molecular formula is C12H19NO3. The monoisotopic (exact) mass is 225 g/mol. The van der Waals surface area contributed by atoms with Crippen molar-refractivity contribution in [3.63, 3.8) is 0 Å². The first-order valence-corrected chi connectivity index (χ1v) is 5.36. The van der Waals surface area contributed by atoms with E-state index >= 15 is 0 Å². The molecule has 1 atom stereocenters. The fraction of sp³-hybridized carbons (Fsp3) is 0.583. The van der Waals surface area contributed by atoms with Crippen molar-refractivity contribution in [3.8, 4) is 0 Å². The molecule has 1 unspecified atom stereocenters. The van der Waals surface area contributed by atoms with Crippen LogP contribution >= 0.6 is 0 Å². The molecule has 0 aromatic carbocycles. The molecule has 90 valence electrons. The number of rotatable bonds is 4. The van der Waals surface area contributed by atoms with Gasteiger partial charge in [-0.1, -0.05) is 0 Å². The van der Waals surface area contributed by atoms with Crippen LogP contribution in [0.4, 0.5) is 0 Å². The summed E-state index contributed by atoms with van der Waals surface area (Å²) in [5.74, 6) is -0.240. The molecule has 1 heterocycles. The summed E-state index contributed by atoms with van der Waals surface area (Å²) in [6, 6.07) is 1.53. The summed E-state index contributed by atoms with van der Waals surface area (Å²) in [6.45, 7) is 7.94. The van der Waals surface area contributed by atoms with Crippen LogP contribution in [-0.4, -0.2) is 17.6 Å². The first-order chi connectivity index (χ1) is 7.38. The summed E-state index contributed by atoms with van der Waals surface area (Å²) in [6.07, 6.45) is 3.25. The van der Waals surface area contributed by atoms with Crippen LogP contribution in [0.1, 0.15) is 33.3 Å². The van der Waals surface area contributed by atoms with Gasteiger partial charge in [0.15, 0.2) is 0 Å². The highest BCUT2D eigenvalue weighted by atomic mass is 16.6. The van der Waals surface area contributed by atoms with Crippen LogP contribution in [0.15, 0.2) is 23.0 Å². The summed E-state index contributed by atoms with van der Waals surface area (Å²) in [5, 5.41) is 3.07. The Bertz CT molecular complexity index is 325. The van der Waals surface area contributed by atoms with E-state index in [1.807, 2.05) is 26.8 Å². The van der Waals surface area contributed by atoms with Crippen molar-refractivity contribution in [3.05, 3.63) is 24.2 Å². The summed E-state index contributed by atoms with van der Waals surface area (Å²) in [4.78, 5) is 11.6. The lowest BCUT2D eigenvalue weighted by atomic mass is 10.2. The number of furan rings is 1. The van der Waals surface area contributed by atoms with E-state index in [-0.39, 0.29) is 12.0 Å². The highest BCUT2D eigenvalue weighted by Crippen LogP contribution is 2.08. The smallest absolute Gasteiger partial charge is 0.323 e. The maximum Gasteiger partial charge on any atom is 0.323 e. The third-order valence-electron chi connectivity index (χ3n) is 1.95. The highest BCUT2D eigenvalue weighted by Gasteiger charge is 2.21. The van der Waals surface area contributed by atoms with Gasteiger partial charge in [0.05, 0.1) is 12.5 Å². The topological polar surface area (TPSA) is 51.5 Å². The molecule has 0 amide bonds. The molecule has 1 aromatic heterocycles. The zero-order valence-electron chi connectivity index (χ0n) is 10.2. The second-order valence-corrected chi connectivity index (χ2v) is 4.77. The molecule has 0 radical (unpaired) electrons. The Labute approximate surface area is 96.0 Å². The Morgan fingerprint density at radius 3 is 2.75 bits per heavy atom. The first kappa shape index (κ1) is 12.8. The molecule has 0 aliphatic carbocycles. The summed E-state index contributed by atoms with van der Waals surface area (Å²) < 4.78 is 10.2. The van der Waals surface area contributed by atoms with Crippen molar-refractivity contribution in [2.45, 2.75) is 45.9 Å². The van der Waals surface area contributed by atoms with Crippen LogP contribution in [0.3, 0.4) is 0 Å². The van der Waals surface area contributed by atoms with E-state index < -0.39 is 5.60 Å². The zero-order chi connectivity index (χ0) is 12.2. The Morgan fingerprint density at radius 2 is 2.25 bits per heavy atom. The van der Waals surface area contributed by atoms with Gasteiger partial charge in [0.1, 0.15) is 11.6 Å². The van der Waals surface area contributed by atoms with Crippen LogP contribution in [-0.2, 0) is 16.1 Å². The van der Waals surface area contributed by atoms with Crippen LogP contribution in [0.2, 0.25) is 0 Å². The van der Waals surface area contributed by atoms with Crippen LogP contribution < -0.4 is 5.32 Å². The molecule has 0 bridgehead atoms. The molecule has 1 aromatic rings. The van der Waals surface area contributed by atoms with E-state index in [1.54, 1.807) is 19.5 Å². The number of nitrogens with one attached hydrogen (secondary N) is 1. The minimum atomic E-state index is -0.442. The quantitative estimate of drug-likeness (QED) is 0.797. The maximum absolute atomic E-state index is 11.6. The summed E-state index contributed by atoms with van der Waals surface area (Å²) in [5.41, 5.74) is 0.568. The van der Waals surface area contributed by atoms with Crippen LogP contribution in [0.5, 0.6) is 0 Å². The van der Waals surface area contributed by atoms with Crippen molar-refractivity contribution in [1.82, 2.24) is 5.32 Å². The predicted octanol–water partition coefficient (Wildman–Crippen LogP) is 2.10.